The lowest BCUT2D eigenvalue weighted by Crippen LogP contribution is -2.39. The average Bonchev–Trinajstić information content (AvgIpc) is 2.67. The Bertz CT molecular complexity index is 364. The third-order valence-corrected chi connectivity index (χ3v) is 1.89. The standard InChI is InChI=1S/C9H9N3O2/c13-9(14)12-7-3-6-11(12)8-4-1-2-5-10-8/h1-6H,7H2,(H,13,14). The number of carboxylic acid groups (broad SMARTS) is 1. The minimum Gasteiger partial charge on any atom is -0.464 e. The maximum atomic E-state index is 10.8. The van der Waals surface area contributed by atoms with Crippen LogP contribution in [0.1, 0.15) is 0 Å². The molecule has 0 fully saturated rings. The van der Waals surface area contributed by atoms with Crippen molar-refractivity contribution in [2.75, 3.05) is 11.6 Å². The first-order valence-electron chi connectivity index (χ1n) is 4.16. The lowest BCUT2D eigenvalue weighted by Gasteiger charge is -2.24. The van der Waals surface area contributed by atoms with E-state index in [-0.39, 0.29) is 0 Å². The number of carbonyl (C=O) groups is 1. The first-order chi connectivity index (χ1) is 6.79. The van der Waals surface area contributed by atoms with Crippen molar-refractivity contribution in [1.82, 2.24) is 9.99 Å². The van der Waals surface area contributed by atoms with Crippen LogP contribution >= 0.6 is 0 Å². The molecule has 0 atom stereocenters. The minimum absolute atomic E-state index is 0.367. The zero-order valence-electron chi connectivity index (χ0n) is 7.37. The highest BCUT2D eigenvalue weighted by atomic mass is 16.4. The van der Waals surface area contributed by atoms with Crippen LogP contribution in [0.25, 0.3) is 0 Å². The molecule has 0 unspecified atom stereocenters. The number of hydrazine groups is 1. The zero-order valence-corrected chi connectivity index (χ0v) is 7.37. The van der Waals surface area contributed by atoms with Gasteiger partial charge in [0.15, 0.2) is 5.82 Å². The van der Waals surface area contributed by atoms with Crippen LogP contribution < -0.4 is 5.01 Å². The van der Waals surface area contributed by atoms with Crippen molar-refractivity contribution in [1.29, 1.82) is 0 Å². The Labute approximate surface area is 80.9 Å². The van der Waals surface area contributed by atoms with Gasteiger partial charge in [0, 0.05) is 12.4 Å². The molecule has 0 spiro atoms. The predicted octanol–water partition coefficient (Wildman–Crippen LogP) is 1.31. The molecule has 1 aliphatic heterocycles. The summed E-state index contributed by atoms with van der Waals surface area (Å²) in [4.78, 5) is 14.9. The maximum absolute atomic E-state index is 10.8. The molecule has 5 heteroatoms. The second-order valence-corrected chi connectivity index (χ2v) is 2.78. The topological polar surface area (TPSA) is 56.7 Å². The van der Waals surface area contributed by atoms with Crippen molar-refractivity contribution in [3.8, 4) is 0 Å². The number of nitrogens with zero attached hydrogens (tertiary/aromatic N) is 3. The largest absolute Gasteiger partial charge is 0.464 e. The summed E-state index contributed by atoms with van der Waals surface area (Å²) >= 11 is 0. The number of aromatic nitrogens is 1. The summed E-state index contributed by atoms with van der Waals surface area (Å²) in [7, 11) is 0. The molecule has 0 aromatic carbocycles. The first kappa shape index (κ1) is 8.55. The highest BCUT2D eigenvalue weighted by Crippen LogP contribution is 2.17. The van der Waals surface area contributed by atoms with E-state index in [1.165, 1.54) is 10.0 Å². The molecule has 1 N–H and O–H groups in total. The number of hydrogen-bond acceptors (Lipinski definition) is 3. The van der Waals surface area contributed by atoms with E-state index in [1.807, 2.05) is 6.07 Å². The molecule has 2 heterocycles. The van der Waals surface area contributed by atoms with Gasteiger partial charge in [0.1, 0.15) is 0 Å². The molecule has 5 nitrogen and oxygen atoms in total. The second kappa shape index (κ2) is 3.37. The normalized spacial score (nSPS) is 14.9. The molecule has 1 amide bonds. The Kier molecular flexibility index (Phi) is 2.06. The van der Waals surface area contributed by atoms with Crippen molar-refractivity contribution >= 4 is 11.9 Å². The molecule has 1 aromatic rings. The van der Waals surface area contributed by atoms with Crippen molar-refractivity contribution in [2.24, 2.45) is 0 Å². The van der Waals surface area contributed by atoms with Crippen LogP contribution in [0.5, 0.6) is 0 Å². The van der Waals surface area contributed by atoms with Crippen LogP contribution in [-0.4, -0.2) is 27.7 Å². The van der Waals surface area contributed by atoms with Crippen LogP contribution in [-0.2, 0) is 0 Å². The van der Waals surface area contributed by atoms with E-state index in [4.69, 9.17) is 5.11 Å². The van der Waals surface area contributed by atoms with Gasteiger partial charge in [-0.1, -0.05) is 6.07 Å². The van der Waals surface area contributed by atoms with E-state index in [9.17, 15) is 4.79 Å². The first-order valence-corrected chi connectivity index (χ1v) is 4.16. The molecule has 0 saturated carbocycles. The molecule has 14 heavy (non-hydrogen) atoms. The third kappa shape index (κ3) is 1.39. The third-order valence-electron chi connectivity index (χ3n) is 1.89. The fourth-order valence-corrected chi connectivity index (χ4v) is 1.27. The Hall–Kier alpha value is -2.04. The predicted molar refractivity (Wildman–Crippen MR) is 50.6 cm³/mol. The smallest absolute Gasteiger partial charge is 0.426 e. The van der Waals surface area contributed by atoms with Crippen molar-refractivity contribution in [2.45, 2.75) is 0 Å². The van der Waals surface area contributed by atoms with Gasteiger partial charge in [-0.25, -0.2) is 19.8 Å². The number of amides is 1. The minimum atomic E-state index is -0.986. The molecule has 0 saturated heterocycles. The molecular formula is C9H9N3O2. The Morgan fingerprint density at radius 1 is 1.50 bits per heavy atom. The summed E-state index contributed by atoms with van der Waals surface area (Å²) in [6, 6.07) is 5.36. The van der Waals surface area contributed by atoms with E-state index in [0.29, 0.717) is 12.4 Å². The van der Waals surface area contributed by atoms with Crippen LogP contribution in [0.3, 0.4) is 0 Å². The fraction of sp³-hybridized carbons (Fsp3) is 0.111. The highest BCUT2D eigenvalue weighted by molar-refractivity contribution is 5.69. The van der Waals surface area contributed by atoms with Crippen molar-refractivity contribution in [3.05, 3.63) is 36.7 Å². The number of rotatable bonds is 1. The van der Waals surface area contributed by atoms with Gasteiger partial charge in [0.05, 0.1) is 6.54 Å². The van der Waals surface area contributed by atoms with Crippen LogP contribution in [0.2, 0.25) is 0 Å². The number of anilines is 1. The maximum Gasteiger partial charge on any atom is 0.426 e. The summed E-state index contributed by atoms with van der Waals surface area (Å²) < 4.78 is 0. The fourth-order valence-electron chi connectivity index (χ4n) is 1.27. The van der Waals surface area contributed by atoms with Gasteiger partial charge in [0.2, 0.25) is 0 Å². The van der Waals surface area contributed by atoms with Crippen LogP contribution in [0, 0.1) is 0 Å². The van der Waals surface area contributed by atoms with E-state index in [2.05, 4.69) is 4.98 Å². The van der Waals surface area contributed by atoms with Gasteiger partial charge in [-0.15, -0.1) is 0 Å². The zero-order chi connectivity index (χ0) is 9.97. The number of pyridine rings is 1. The van der Waals surface area contributed by atoms with Gasteiger partial charge < -0.3 is 5.11 Å². The molecule has 0 aliphatic carbocycles. The van der Waals surface area contributed by atoms with E-state index in [0.717, 1.165) is 0 Å². The Morgan fingerprint density at radius 2 is 2.36 bits per heavy atom. The average molecular weight is 191 g/mol. The van der Waals surface area contributed by atoms with Gasteiger partial charge >= 0.3 is 6.09 Å². The number of hydrogen-bond donors (Lipinski definition) is 1. The van der Waals surface area contributed by atoms with Gasteiger partial charge in [-0.05, 0) is 18.2 Å². The molecule has 72 valence electrons. The molecule has 1 aliphatic rings. The lowest BCUT2D eigenvalue weighted by molar-refractivity contribution is 0.153. The summed E-state index contributed by atoms with van der Waals surface area (Å²) in [5.41, 5.74) is 0. The molecule has 0 radical (unpaired) electrons. The van der Waals surface area contributed by atoms with E-state index in [1.54, 1.807) is 30.6 Å². The molecule has 0 bridgehead atoms. The Morgan fingerprint density at radius 3 is 3.00 bits per heavy atom. The SMILES string of the molecule is O=C(O)N1CC=CN1c1ccccn1. The summed E-state index contributed by atoms with van der Waals surface area (Å²) in [6.45, 7) is 0.367. The van der Waals surface area contributed by atoms with E-state index < -0.39 is 6.09 Å². The van der Waals surface area contributed by atoms with Crippen molar-refractivity contribution < 1.29 is 9.90 Å². The molecule has 1 aromatic heterocycles. The van der Waals surface area contributed by atoms with Gasteiger partial charge in [-0.3, -0.25) is 0 Å². The van der Waals surface area contributed by atoms with Crippen LogP contribution in [0.15, 0.2) is 36.7 Å². The van der Waals surface area contributed by atoms with Crippen LogP contribution in [0.4, 0.5) is 10.6 Å². The monoisotopic (exact) mass is 191 g/mol. The molecule has 2 rings (SSSR count). The van der Waals surface area contributed by atoms with Gasteiger partial charge in [0.25, 0.3) is 0 Å². The highest BCUT2D eigenvalue weighted by Gasteiger charge is 2.22. The molecular weight excluding hydrogens is 182 g/mol. The summed E-state index contributed by atoms with van der Waals surface area (Å²) in [5, 5.41) is 11.5. The lowest BCUT2D eigenvalue weighted by atomic mass is 10.4. The quantitative estimate of drug-likeness (QED) is 0.727. The Balaban J connectivity index is 2.26. The summed E-state index contributed by atoms with van der Waals surface area (Å²) in [5.74, 6) is 0.601. The second-order valence-electron chi connectivity index (χ2n) is 2.78. The van der Waals surface area contributed by atoms with Gasteiger partial charge in [-0.2, -0.15) is 0 Å². The van der Waals surface area contributed by atoms with E-state index >= 15 is 0 Å². The van der Waals surface area contributed by atoms with Crippen molar-refractivity contribution in [3.63, 3.8) is 0 Å². The summed E-state index contributed by atoms with van der Waals surface area (Å²) in [6.07, 6.45) is 4.10.